The van der Waals surface area contributed by atoms with E-state index in [0.29, 0.717) is 6.61 Å². The SMILES string of the molecule is CC(=O)C1SCCOC1=O. The molecule has 0 bridgehead atoms. The number of ketones is 1. The van der Waals surface area contributed by atoms with Crippen LogP contribution >= 0.6 is 11.8 Å². The topological polar surface area (TPSA) is 43.4 Å². The normalized spacial score (nSPS) is 25.7. The van der Waals surface area contributed by atoms with Crippen LogP contribution in [0.15, 0.2) is 0 Å². The molecule has 0 amide bonds. The Hall–Kier alpha value is -0.510. The van der Waals surface area contributed by atoms with Gasteiger partial charge in [-0.1, -0.05) is 0 Å². The average Bonchev–Trinajstić information content (AvgIpc) is 1.88. The summed E-state index contributed by atoms with van der Waals surface area (Å²) in [5.41, 5.74) is 0. The monoisotopic (exact) mass is 160 g/mol. The van der Waals surface area contributed by atoms with E-state index < -0.39 is 5.25 Å². The number of carbonyl (C=O) groups is 2. The van der Waals surface area contributed by atoms with E-state index in [-0.39, 0.29) is 11.8 Å². The average molecular weight is 160 g/mol. The summed E-state index contributed by atoms with van der Waals surface area (Å²) in [4.78, 5) is 21.5. The van der Waals surface area contributed by atoms with Crippen LogP contribution in [0, 0.1) is 0 Å². The summed E-state index contributed by atoms with van der Waals surface area (Å²) in [6, 6.07) is 0. The highest BCUT2D eigenvalue weighted by Gasteiger charge is 2.28. The van der Waals surface area contributed by atoms with Crippen LogP contribution in [0.2, 0.25) is 0 Å². The molecule has 0 radical (unpaired) electrons. The fraction of sp³-hybridized carbons (Fsp3) is 0.667. The van der Waals surface area contributed by atoms with Gasteiger partial charge in [0.1, 0.15) is 6.61 Å². The van der Waals surface area contributed by atoms with Crippen LogP contribution in [-0.2, 0) is 14.3 Å². The first-order chi connectivity index (χ1) is 4.72. The molecule has 0 N–H and O–H groups in total. The van der Waals surface area contributed by atoms with E-state index in [1.54, 1.807) is 0 Å². The molecule has 10 heavy (non-hydrogen) atoms. The molecule has 1 unspecified atom stereocenters. The van der Waals surface area contributed by atoms with E-state index in [1.807, 2.05) is 0 Å². The number of ether oxygens (including phenoxy) is 1. The molecule has 56 valence electrons. The molecule has 0 saturated carbocycles. The molecule has 0 aromatic carbocycles. The maximum atomic E-state index is 10.8. The highest BCUT2D eigenvalue weighted by atomic mass is 32.2. The number of cyclic esters (lactones) is 1. The van der Waals surface area contributed by atoms with Crippen molar-refractivity contribution in [3.63, 3.8) is 0 Å². The zero-order valence-electron chi connectivity index (χ0n) is 5.62. The first-order valence-electron chi connectivity index (χ1n) is 3.00. The van der Waals surface area contributed by atoms with Gasteiger partial charge in [-0.25, -0.2) is 0 Å². The molecule has 1 atom stereocenters. The molecule has 0 spiro atoms. The van der Waals surface area contributed by atoms with E-state index in [1.165, 1.54) is 18.7 Å². The van der Waals surface area contributed by atoms with Crippen molar-refractivity contribution in [2.45, 2.75) is 12.2 Å². The number of carbonyl (C=O) groups excluding carboxylic acids is 2. The Labute approximate surface area is 63.1 Å². The molecule has 1 aliphatic rings. The molecule has 0 aromatic rings. The van der Waals surface area contributed by atoms with Crippen molar-refractivity contribution >= 4 is 23.5 Å². The van der Waals surface area contributed by atoms with Crippen molar-refractivity contribution in [1.29, 1.82) is 0 Å². The van der Waals surface area contributed by atoms with Crippen molar-refractivity contribution in [3.8, 4) is 0 Å². The summed E-state index contributed by atoms with van der Waals surface area (Å²) in [7, 11) is 0. The van der Waals surface area contributed by atoms with Crippen molar-refractivity contribution in [2.75, 3.05) is 12.4 Å². The molecule has 3 nitrogen and oxygen atoms in total. The van der Waals surface area contributed by atoms with Gasteiger partial charge < -0.3 is 4.74 Å². The first-order valence-corrected chi connectivity index (χ1v) is 4.05. The Kier molecular flexibility index (Phi) is 2.32. The quantitative estimate of drug-likeness (QED) is 0.407. The summed E-state index contributed by atoms with van der Waals surface area (Å²) in [5.74, 6) is 0.231. The summed E-state index contributed by atoms with van der Waals surface area (Å²) in [6.45, 7) is 1.84. The van der Waals surface area contributed by atoms with Crippen LogP contribution in [-0.4, -0.2) is 29.4 Å². The van der Waals surface area contributed by atoms with E-state index in [4.69, 9.17) is 0 Å². The molecule has 4 heteroatoms. The van der Waals surface area contributed by atoms with Gasteiger partial charge in [-0.3, -0.25) is 9.59 Å². The Morgan fingerprint density at radius 1 is 1.80 bits per heavy atom. The minimum atomic E-state index is -0.561. The number of thioether (sulfide) groups is 1. The number of esters is 1. The second-order valence-corrected chi connectivity index (χ2v) is 3.24. The zero-order chi connectivity index (χ0) is 7.56. The minimum absolute atomic E-state index is 0.116. The van der Waals surface area contributed by atoms with Crippen LogP contribution in [0.5, 0.6) is 0 Å². The van der Waals surface area contributed by atoms with Gasteiger partial charge in [-0.2, -0.15) is 0 Å². The van der Waals surface area contributed by atoms with Gasteiger partial charge in [0.05, 0.1) is 0 Å². The fourth-order valence-electron chi connectivity index (χ4n) is 0.735. The van der Waals surface area contributed by atoms with Crippen LogP contribution in [0.1, 0.15) is 6.92 Å². The third-order valence-corrected chi connectivity index (χ3v) is 2.46. The summed E-state index contributed by atoms with van der Waals surface area (Å²) >= 11 is 1.36. The lowest BCUT2D eigenvalue weighted by atomic mass is 10.3. The Morgan fingerprint density at radius 3 is 2.90 bits per heavy atom. The number of hydrogen-bond acceptors (Lipinski definition) is 4. The second-order valence-electron chi connectivity index (χ2n) is 2.03. The van der Waals surface area contributed by atoms with Crippen molar-refractivity contribution in [1.82, 2.24) is 0 Å². The number of Topliss-reactive ketones (excluding diaryl/α,β-unsaturated/α-hetero) is 1. The number of rotatable bonds is 1. The summed E-state index contributed by atoms with van der Waals surface area (Å²) in [5, 5.41) is -0.561. The van der Waals surface area contributed by atoms with E-state index in [2.05, 4.69) is 4.74 Å². The fourth-order valence-corrected chi connectivity index (χ4v) is 1.59. The Bertz CT molecular complexity index is 166. The van der Waals surface area contributed by atoms with E-state index in [9.17, 15) is 9.59 Å². The standard InChI is InChI=1S/C6H8O3S/c1-4(7)5-6(8)9-2-3-10-5/h5H,2-3H2,1H3. The van der Waals surface area contributed by atoms with Gasteiger partial charge in [0.15, 0.2) is 11.0 Å². The molecule has 1 heterocycles. The first kappa shape index (κ1) is 7.60. The lowest BCUT2D eigenvalue weighted by molar-refractivity contribution is -0.145. The minimum Gasteiger partial charge on any atom is -0.464 e. The van der Waals surface area contributed by atoms with E-state index >= 15 is 0 Å². The number of hydrogen-bond donors (Lipinski definition) is 0. The van der Waals surface area contributed by atoms with Crippen molar-refractivity contribution < 1.29 is 14.3 Å². The molecular weight excluding hydrogens is 152 g/mol. The van der Waals surface area contributed by atoms with Crippen LogP contribution in [0.25, 0.3) is 0 Å². The van der Waals surface area contributed by atoms with Gasteiger partial charge in [-0.15, -0.1) is 11.8 Å². The maximum absolute atomic E-state index is 10.8. The molecule has 0 aliphatic carbocycles. The Balaban J connectivity index is 2.56. The Morgan fingerprint density at radius 2 is 2.50 bits per heavy atom. The third-order valence-electron chi connectivity index (χ3n) is 1.20. The predicted molar refractivity (Wildman–Crippen MR) is 37.9 cm³/mol. The maximum Gasteiger partial charge on any atom is 0.326 e. The van der Waals surface area contributed by atoms with Gasteiger partial charge in [0.25, 0.3) is 0 Å². The van der Waals surface area contributed by atoms with Crippen molar-refractivity contribution in [3.05, 3.63) is 0 Å². The lowest BCUT2D eigenvalue weighted by Crippen LogP contribution is -2.32. The molecule has 1 rings (SSSR count). The van der Waals surface area contributed by atoms with Crippen LogP contribution in [0.4, 0.5) is 0 Å². The van der Waals surface area contributed by atoms with Gasteiger partial charge in [0.2, 0.25) is 0 Å². The van der Waals surface area contributed by atoms with E-state index in [0.717, 1.165) is 5.75 Å². The predicted octanol–water partition coefficient (Wildman–Crippen LogP) is 0.234. The summed E-state index contributed by atoms with van der Waals surface area (Å²) < 4.78 is 4.67. The molecule has 0 aromatic heterocycles. The largest absolute Gasteiger partial charge is 0.464 e. The molecular formula is C6H8O3S. The second kappa shape index (κ2) is 3.05. The smallest absolute Gasteiger partial charge is 0.326 e. The van der Waals surface area contributed by atoms with Gasteiger partial charge >= 0.3 is 5.97 Å². The van der Waals surface area contributed by atoms with Crippen LogP contribution in [0.3, 0.4) is 0 Å². The molecule has 1 fully saturated rings. The van der Waals surface area contributed by atoms with Gasteiger partial charge in [0, 0.05) is 5.75 Å². The third kappa shape index (κ3) is 1.50. The van der Waals surface area contributed by atoms with Crippen molar-refractivity contribution in [2.24, 2.45) is 0 Å². The molecule has 1 saturated heterocycles. The van der Waals surface area contributed by atoms with Crippen LogP contribution < -0.4 is 0 Å². The zero-order valence-corrected chi connectivity index (χ0v) is 6.44. The summed E-state index contributed by atoms with van der Waals surface area (Å²) in [6.07, 6.45) is 0. The highest BCUT2D eigenvalue weighted by molar-refractivity contribution is 8.01. The van der Waals surface area contributed by atoms with Gasteiger partial charge in [-0.05, 0) is 6.92 Å². The highest BCUT2D eigenvalue weighted by Crippen LogP contribution is 2.17. The lowest BCUT2D eigenvalue weighted by Gasteiger charge is -2.17. The molecule has 1 aliphatic heterocycles.